The van der Waals surface area contributed by atoms with E-state index in [9.17, 15) is 13.2 Å². The number of rotatable bonds is 6. The van der Waals surface area contributed by atoms with Crippen LogP contribution in [-0.4, -0.2) is 25.5 Å². The number of benzene rings is 1. The molecule has 1 aromatic rings. The van der Waals surface area contributed by atoms with Crippen LogP contribution < -0.4 is 4.72 Å². The number of hydrogen-bond acceptors (Lipinski definition) is 3. The zero-order valence-electron chi connectivity index (χ0n) is 12.2. The highest BCUT2D eigenvalue weighted by atomic mass is 32.2. The molecule has 5 nitrogen and oxygen atoms in total. The lowest BCUT2D eigenvalue weighted by molar-refractivity contribution is -0.139. The number of carboxylic acid groups (broad SMARTS) is 1. The molecule has 20 heavy (non-hydrogen) atoms. The van der Waals surface area contributed by atoms with Gasteiger partial charge in [0, 0.05) is 0 Å². The van der Waals surface area contributed by atoms with Crippen molar-refractivity contribution in [2.75, 3.05) is 0 Å². The van der Waals surface area contributed by atoms with E-state index in [1.165, 1.54) is 12.1 Å². The largest absolute Gasteiger partial charge is 0.480 e. The van der Waals surface area contributed by atoms with Gasteiger partial charge in [-0.1, -0.05) is 19.9 Å². The Morgan fingerprint density at radius 1 is 1.20 bits per heavy atom. The molecule has 0 radical (unpaired) electrons. The van der Waals surface area contributed by atoms with Crippen LogP contribution in [0.3, 0.4) is 0 Å². The molecule has 0 aliphatic carbocycles. The lowest BCUT2D eigenvalue weighted by atomic mass is 10.1. The number of hydrogen-bond donors (Lipinski definition) is 2. The first-order valence-corrected chi connectivity index (χ1v) is 7.93. The molecule has 112 valence electrons. The molecule has 0 bridgehead atoms. The molecule has 1 aromatic carbocycles. The Kier molecular flexibility index (Phi) is 5.30. The third-order valence-corrected chi connectivity index (χ3v) is 4.26. The van der Waals surface area contributed by atoms with Gasteiger partial charge in [0.05, 0.1) is 4.90 Å². The maximum Gasteiger partial charge on any atom is 0.321 e. The van der Waals surface area contributed by atoms with Crippen LogP contribution in [0.4, 0.5) is 0 Å². The number of carbonyl (C=O) groups is 1. The van der Waals surface area contributed by atoms with Crippen molar-refractivity contribution in [2.45, 2.75) is 45.1 Å². The maximum atomic E-state index is 12.3. The Morgan fingerprint density at radius 2 is 1.70 bits per heavy atom. The average molecular weight is 299 g/mol. The van der Waals surface area contributed by atoms with Gasteiger partial charge in [-0.3, -0.25) is 4.79 Å². The summed E-state index contributed by atoms with van der Waals surface area (Å²) in [7, 11) is -3.83. The molecule has 0 aromatic heterocycles. The van der Waals surface area contributed by atoms with E-state index in [0.717, 1.165) is 11.1 Å². The molecule has 0 heterocycles. The number of sulfonamides is 1. The third-order valence-electron chi connectivity index (χ3n) is 2.81. The highest BCUT2D eigenvalue weighted by Crippen LogP contribution is 2.16. The first kappa shape index (κ1) is 16.7. The number of aliphatic carboxylic acids is 1. The van der Waals surface area contributed by atoms with Crippen LogP contribution in [0.5, 0.6) is 0 Å². The van der Waals surface area contributed by atoms with Crippen LogP contribution in [0.2, 0.25) is 0 Å². The summed E-state index contributed by atoms with van der Waals surface area (Å²) >= 11 is 0. The molecule has 6 heteroatoms. The number of carboxylic acids is 1. The van der Waals surface area contributed by atoms with Gasteiger partial charge >= 0.3 is 5.97 Å². The second-order valence-electron chi connectivity index (χ2n) is 5.47. The molecule has 0 aliphatic heterocycles. The van der Waals surface area contributed by atoms with Gasteiger partial charge in [-0.25, -0.2) is 8.42 Å². The fourth-order valence-corrected chi connectivity index (χ4v) is 3.40. The third kappa shape index (κ3) is 4.61. The average Bonchev–Trinajstić information content (AvgIpc) is 2.25. The van der Waals surface area contributed by atoms with Gasteiger partial charge in [0.1, 0.15) is 6.04 Å². The smallest absolute Gasteiger partial charge is 0.321 e. The van der Waals surface area contributed by atoms with Gasteiger partial charge in [-0.05, 0) is 49.4 Å². The molecule has 0 amide bonds. The van der Waals surface area contributed by atoms with E-state index < -0.39 is 22.0 Å². The highest BCUT2D eigenvalue weighted by molar-refractivity contribution is 7.89. The van der Waals surface area contributed by atoms with Gasteiger partial charge < -0.3 is 5.11 Å². The predicted molar refractivity (Wildman–Crippen MR) is 77.1 cm³/mol. The Morgan fingerprint density at radius 3 is 2.10 bits per heavy atom. The van der Waals surface area contributed by atoms with E-state index in [4.69, 9.17) is 5.11 Å². The van der Waals surface area contributed by atoms with Gasteiger partial charge in [0.25, 0.3) is 0 Å². The lowest BCUT2D eigenvalue weighted by Gasteiger charge is -2.17. The fourth-order valence-electron chi connectivity index (χ4n) is 2.01. The normalized spacial score (nSPS) is 13.4. The second-order valence-corrected chi connectivity index (χ2v) is 7.18. The summed E-state index contributed by atoms with van der Waals surface area (Å²) in [6, 6.07) is 3.82. The quantitative estimate of drug-likeness (QED) is 0.842. The molecule has 0 aliphatic rings. The van der Waals surface area contributed by atoms with Crippen LogP contribution >= 0.6 is 0 Å². The molecular formula is C14H21NO4S. The van der Waals surface area contributed by atoms with Gasteiger partial charge in [-0.2, -0.15) is 4.72 Å². The van der Waals surface area contributed by atoms with Gasteiger partial charge in [0.2, 0.25) is 10.0 Å². The Bertz CT molecular complexity index is 573. The molecule has 2 N–H and O–H groups in total. The summed E-state index contributed by atoms with van der Waals surface area (Å²) in [5.41, 5.74) is 1.64. The van der Waals surface area contributed by atoms with Crippen molar-refractivity contribution in [1.29, 1.82) is 0 Å². The summed E-state index contributed by atoms with van der Waals surface area (Å²) in [4.78, 5) is 11.3. The minimum Gasteiger partial charge on any atom is -0.480 e. The maximum absolute atomic E-state index is 12.3. The van der Waals surface area contributed by atoms with Gasteiger partial charge in [0.15, 0.2) is 0 Å². The van der Waals surface area contributed by atoms with E-state index in [0.29, 0.717) is 0 Å². The first-order valence-electron chi connectivity index (χ1n) is 6.45. The van der Waals surface area contributed by atoms with Crippen molar-refractivity contribution in [1.82, 2.24) is 4.72 Å². The summed E-state index contributed by atoms with van der Waals surface area (Å²) in [5, 5.41) is 9.11. The van der Waals surface area contributed by atoms with Crippen LogP contribution in [0.15, 0.2) is 23.1 Å². The molecule has 0 spiro atoms. The van der Waals surface area contributed by atoms with Crippen molar-refractivity contribution >= 4 is 16.0 Å². The summed E-state index contributed by atoms with van der Waals surface area (Å²) in [6.45, 7) is 7.30. The molecule has 1 rings (SSSR count). The number of nitrogens with one attached hydrogen (secondary N) is 1. The molecule has 0 unspecified atom stereocenters. The van der Waals surface area contributed by atoms with Crippen LogP contribution in [0, 0.1) is 19.8 Å². The fraction of sp³-hybridized carbons (Fsp3) is 0.500. The van der Waals surface area contributed by atoms with Crippen molar-refractivity contribution in [3.8, 4) is 0 Å². The Balaban J connectivity index is 3.06. The Labute approximate surface area is 120 Å². The minimum atomic E-state index is -3.83. The standard InChI is InChI=1S/C14H21NO4S/c1-9(2)5-13(14(16)17)15-20(18,19)12-7-10(3)6-11(4)8-12/h6-9,13,15H,5H2,1-4H3,(H,16,17)/t13-/m1/s1. The number of aryl methyl sites for hydroxylation is 2. The van der Waals surface area contributed by atoms with E-state index in [1.807, 2.05) is 19.9 Å². The lowest BCUT2D eigenvalue weighted by Crippen LogP contribution is -2.41. The van der Waals surface area contributed by atoms with Crippen LogP contribution in [0.1, 0.15) is 31.4 Å². The van der Waals surface area contributed by atoms with E-state index in [-0.39, 0.29) is 17.2 Å². The Hall–Kier alpha value is -1.40. The van der Waals surface area contributed by atoms with E-state index in [1.54, 1.807) is 13.8 Å². The summed E-state index contributed by atoms with van der Waals surface area (Å²) in [5.74, 6) is -1.08. The summed E-state index contributed by atoms with van der Waals surface area (Å²) < 4.78 is 26.8. The molecule has 0 saturated heterocycles. The highest BCUT2D eigenvalue weighted by Gasteiger charge is 2.26. The first-order chi connectivity index (χ1) is 9.11. The summed E-state index contributed by atoms with van der Waals surface area (Å²) in [6.07, 6.45) is 0.249. The zero-order chi connectivity index (χ0) is 15.5. The molecular weight excluding hydrogens is 278 g/mol. The predicted octanol–water partition coefficient (Wildman–Crippen LogP) is 2.08. The second kappa shape index (κ2) is 6.37. The van der Waals surface area contributed by atoms with Crippen molar-refractivity contribution in [2.24, 2.45) is 5.92 Å². The monoisotopic (exact) mass is 299 g/mol. The minimum absolute atomic E-state index is 0.0815. The van der Waals surface area contributed by atoms with Crippen molar-refractivity contribution < 1.29 is 18.3 Å². The van der Waals surface area contributed by atoms with Crippen molar-refractivity contribution in [3.63, 3.8) is 0 Å². The van der Waals surface area contributed by atoms with Crippen LogP contribution in [-0.2, 0) is 14.8 Å². The van der Waals surface area contributed by atoms with E-state index >= 15 is 0 Å². The van der Waals surface area contributed by atoms with Crippen LogP contribution in [0.25, 0.3) is 0 Å². The molecule has 1 atom stereocenters. The molecule has 0 saturated carbocycles. The topological polar surface area (TPSA) is 83.5 Å². The van der Waals surface area contributed by atoms with Crippen molar-refractivity contribution in [3.05, 3.63) is 29.3 Å². The van der Waals surface area contributed by atoms with Gasteiger partial charge in [-0.15, -0.1) is 0 Å². The zero-order valence-corrected chi connectivity index (χ0v) is 13.0. The van der Waals surface area contributed by atoms with E-state index in [2.05, 4.69) is 4.72 Å². The molecule has 0 fully saturated rings. The SMILES string of the molecule is Cc1cc(C)cc(S(=O)(=O)N[C@H](CC(C)C)C(=O)O)c1.